The molecule has 0 radical (unpaired) electrons. The summed E-state index contributed by atoms with van der Waals surface area (Å²) < 4.78 is 10.9. The SMILES string of the molecule is C[C@@H]1O[C@H]2CC(=O)OC2C2=C1C(=O)c1c(O)cccc1C2=O. The number of hydrogen-bond donors (Lipinski definition) is 1. The maximum Gasteiger partial charge on any atom is 0.309 e. The molecule has 1 aromatic carbocycles. The van der Waals surface area contributed by atoms with Crippen LogP contribution in [0.5, 0.6) is 5.75 Å². The predicted octanol–water partition coefficient (Wildman–Crippen LogP) is 1.17. The first-order valence-corrected chi connectivity index (χ1v) is 6.99. The van der Waals surface area contributed by atoms with Crippen LogP contribution in [-0.2, 0) is 14.3 Å². The summed E-state index contributed by atoms with van der Waals surface area (Å²) in [5.74, 6) is -1.52. The zero-order valence-electron chi connectivity index (χ0n) is 11.7. The zero-order chi connectivity index (χ0) is 15.6. The Morgan fingerprint density at radius 1 is 1.14 bits per heavy atom. The lowest BCUT2D eigenvalue weighted by atomic mass is 9.77. The van der Waals surface area contributed by atoms with E-state index >= 15 is 0 Å². The Morgan fingerprint density at radius 3 is 2.68 bits per heavy atom. The third kappa shape index (κ3) is 1.55. The Labute approximate surface area is 125 Å². The van der Waals surface area contributed by atoms with E-state index in [9.17, 15) is 19.5 Å². The molecule has 2 aliphatic heterocycles. The lowest BCUT2D eigenvalue weighted by molar-refractivity contribution is -0.140. The minimum atomic E-state index is -0.842. The van der Waals surface area contributed by atoms with Gasteiger partial charge in [-0.05, 0) is 13.0 Å². The maximum absolute atomic E-state index is 12.8. The molecule has 4 rings (SSSR count). The first-order chi connectivity index (χ1) is 10.5. The van der Waals surface area contributed by atoms with Crippen LogP contribution in [0.1, 0.15) is 34.1 Å². The molecule has 1 fully saturated rings. The van der Waals surface area contributed by atoms with Crippen LogP contribution >= 0.6 is 0 Å². The highest BCUT2D eigenvalue weighted by atomic mass is 16.6. The van der Waals surface area contributed by atoms with Crippen molar-refractivity contribution in [3.63, 3.8) is 0 Å². The lowest BCUT2D eigenvalue weighted by Crippen LogP contribution is -2.44. The summed E-state index contributed by atoms with van der Waals surface area (Å²) in [7, 11) is 0. The second-order valence-corrected chi connectivity index (χ2v) is 5.62. The fraction of sp³-hybridized carbons (Fsp3) is 0.312. The molecule has 1 saturated heterocycles. The van der Waals surface area contributed by atoms with Gasteiger partial charge in [-0.15, -0.1) is 0 Å². The monoisotopic (exact) mass is 300 g/mol. The van der Waals surface area contributed by atoms with Crippen molar-refractivity contribution in [3.8, 4) is 5.75 Å². The van der Waals surface area contributed by atoms with Gasteiger partial charge in [0.15, 0.2) is 17.7 Å². The summed E-state index contributed by atoms with van der Waals surface area (Å²) >= 11 is 0. The highest BCUT2D eigenvalue weighted by Crippen LogP contribution is 2.42. The molecule has 6 nitrogen and oxygen atoms in total. The zero-order valence-corrected chi connectivity index (χ0v) is 11.7. The second-order valence-electron chi connectivity index (χ2n) is 5.62. The number of rotatable bonds is 0. The van der Waals surface area contributed by atoms with E-state index in [0.717, 1.165) is 0 Å². The first-order valence-electron chi connectivity index (χ1n) is 6.99. The van der Waals surface area contributed by atoms with Gasteiger partial charge in [0.1, 0.15) is 11.9 Å². The number of esters is 1. The van der Waals surface area contributed by atoms with Crippen LogP contribution in [0.3, 0.4) is 0 Å². The molecule has 3 atom stereocenters. The molecular weight excluding hydrogens is 288 g/mol. The Bertz CT molecular complexity index is 775. The van der Waals surface area contributed by atoms with Gasteiger partial charge >= 0.3 is 5.97 Å². The van der Waals surface area contributed by atoms with Gasteiger partial charge in [0.25, 0.3) is 0 Å². The second kappa shape index (κ2) is 4.27. The number of benzene rings is 1. The van der Waals surface area contributed by atoms with Crippen molar-refractivity contribution in [1.29, 1.82) is 0 Å². The molecule has 0 amide bonds. The Kier molecular flexibility index (Phi) is 2.56. The average Bonchev–Trinajstić information content (AvgIpc) is 2.83. The summed E-state index contributed by atoms with van der Waals surface area (Å²) in [5, 5.41) is 9.93. The van der Waals surface area contributed by atoms with Crippen LogP contribution in [0.25, 0.3) is 0 Å². The molecule has 1 aliphatic carbocycles. The van der Waals surface area contributed by atoms with Crippen LogP contribution in [0.15, 0.2) is 29.3 Å². The van der Waals surface area contributed by atoms with Gasteiger partial charge in [-0.2, -0.15) is 0 Å². The topological polar surface area (TPSA) is 89.9 Å². The van der Waals surface area contributed by atoms with Crippen LogP contribution in [0.4, 0.5) is 0 Å². The fourth-order valence-electron chi connectivity index (χ4n) is 3.41. The van der Waals surface area contributed by atoms with Crippen molar-refractivity contribution in [2.75, 3.05) is 0 Å². The third-order valence-corrected chi connectivity index (χ3v) is 4.33. The number of fused-ring (bicyclic) bond motifs is 3. The highest BCUT2D eigenvalue weighted by molar-refractivity contribution is 6.28. The Balaban J connectivity index is 1.95. The van der Waals surface area contributed by atoms with Crippen LogP contribution < -0.4 is 0 Å². The lowest BCUT2D eigenvalue weighted by Gasteiger charge is -2.35. The van der Waals surface area contributed by atoms with Crippen molar-refractivity contribution in [3.05, 3.63) is 40.5 Å². The van der Waals surface area contributed by atoms with Gasteiger partial charge in [0, 0.05) is 11.1 Å². The summed E-state index contributed by atoms with van der Waals surface area (Å²) in [6, 6.07) is 4.36. The van der Waals surface area contributed by atoms with E-state index in [4.69, 9.17) is 9.47 Å². The van der Waals surface area contributed by atoms with E-state index in [1.807, 2.05) is 0 Å². The number of ether oxygens (including phenoxy) is 2. The van der Waals surface area contributed by atoms with Crippen molar-refractivity contribution < 1.29 is 29.0 Å². The van der Waals surface area contributed by atoms with Crippen LogP contribution in [-0.4, -0.2) is 41.0 Å². The van der Waals surface area contributed by atoms with Crippen LogP contribution in [0, 0.1) is 0 Å². The summed E-state index contributed by atoms with van der Waals surface area (Å²) in [6.45, 7) is 1.66. The number of Topliss-reactive ketones (excluding diaryl/α,β-unsaturated/α-hetero) is 2. The molecule has 0 aromatic heterocycles. The molecule has 22 heavy (non-hydrogen) atoms. The standard InChI is InChI=1S/C16H12O6/c1-6-11-13(16-9(21-6)5-10(18)22-16)14(19)7-3-2-4-8(17)12(7)15(11)20/h2-4,6,9,16-17H,5H2,1H3/t6-,9-,16?/m0/s1. The summed E-state index contributed by atoms with van der Waals surface area (Å²) in [5.41, 5.74) is 0.497. The minimum absolute atomic E-state index is 0.00975. The van der Waals surface area contributed by atoms with Gasteiger partial charge in [-0.1, -0.05) is 12.1 Å². The van der Waals surface area contributed by atoms with Gasteiger partial charge in [0.05, 0.1) is 23.7 Å². The van der Waals surface area contributed by atoms with Gasteiger partial charge in [-0.3, -0.25) is 14.4 Å². The van der Waals surface area contributed by atoms with Crippen LogP contribution in [0.2, 0.25) is 0 Å². The molecular formula is C16H12O6. The van der Waals surface area contributed by atoms with Gasteiger partial charge in [-0.25, -0.2) is 0 Å². The van der Waals surface area contributed by atoms with Crippen molar-refractivity contribution in [2.45, 2.75) is 31.7 Å². The highest BCUT2D eigenvalue weighted by Gasteiger charge is 2.51. The fourth-order valence-corrected chi connectivity index (χ4v) is 3.41. The number of hydrogen-bond acceptors (Lipinski definition) is 6. The normalized spacial score (nSPS) is 29.9. The van der Waals surface area contributed by atoms with Crippen molar-refractivity contribution in [2.24, 2.45) is 0 Å². The average molecular weight is 300 g/mol. The summed E-state index contributed by atoms with van der Waals surface area (Å²) in [6.07, 6.45) is -1.95. The van der Waals surface area contributed by atoms with Gasteiger partial charge < -0.3 is 14.6 Å². The molecule has 3 aliphatic rings. The Morgan fingerprint density at radius 2 is 1.91 bits per heavy atom. The quantitative estimate of drug-likeness (QED) is 0.723. The maximum atomic E-state index is 12.8. The molecule has 0 spiro atoms. The number of aromatic hydroxyl groups is 1. The van der Waals surface area contributed by atoms with E-state index in [1.165, 1.54) is 18.2 Å². The molecule has 1 N–H and O–H groups in total. The number of phenols is 1. The van der Waals surface area contributed by atoms with E-state index < -0.39 is 30.1 Å². The van der Waals surface area contributed by atoms with E-state index in [1.54, 1.807) is 6.92 Å². The third-order valence-electron chi connectivity index (χ3n) is 4.33. The van der Waals surface area contributed by atoms with E-state index in [-0.39, 0.29) is 40.2 Å². The minimum Gasteiger partial charge on any atom is -0.507 e. The van der Waals surface area contributed by atoms with E-state index in [0.29, 0.717) is 0 Å². The molecule has 112 valence electrons. The molecule has 1 aromatic rings. The molecule has 0 bridgehead atoms. The van der Waals surface area contributed by atoms with E-state index in [2.05, 4.69) is 0 Å². The predicted molar refractivity (Wildman–Crippen MR) is 72.6 cm³/mol. The number of carbonyl (C=O) groups is 3. The molecule has 1 unspecified atom stereocenters. The molecule has 2 heterocycles. The molecule has 6 heteroatoms. The van der Waals surface area contributed by atoms with Gasteiger partial charge in [0.2, 0.25) is 0 Å². The number of phenolic OH excluding ortho intramolecular Hbond substituents is 1. The number of carbonyl (C=O) groups excluding carboxylic acids is 3. The first kappa shape index (κ1) is 13.2. The summed E-state index contributed by atoms with van der Waals surface area (Å²) in [4.78, 5) is 37.0. The molecule has 0 saturated carbocycles. The number of ketones is 2. The van der Waals surface area contributed by atoms with Crippen molar-refractivity contribution >= 4 is 17.5 Å². The largest absolute Gasteiger partial charge is 0.507 e. The Hall–Kier alpha value is -2.47. The smallest absolute Gasteiger partial charge is 0.309 e. The van der Waals surface area contributed by atoms with Crippen molar-refractivity contribution in [1.82, 2.24) is 0 Å².